The summed E-state index contributed by atoms with van der Waals surface area (Å²) in [6, 6.07) is 5.87. The molecule has 0 unspecified atom stereocenters. The van der Waals surface area contributed by atoms with Crippen LogP contribution in [-0.2, 0) is 11.2 Å². The number of hydrogen-bond donors (Lipinski definition) is 1. The lowest BCUT2D eigenvalue weighted by Gasteiger charge is -2.12. The van der Waals surface area contributed by atoms with Crippen LogP contribution in [0, 0.1) is 5.92 Å². The fraction of sp³-hybridized carbons (Fsp3) is 0.571. The van der Waals surface area contributed by atoms with Gasteiger partial charge in [0.1, 0.15) is 0 Å². The number of nitrogens with two attached hydrogens (primary N) is 1. The van der Waals surface area contributed by atoms with Crippen LogP contribution >= 0.6 is 0 Å². The van der Waals surface area contributed by atoms with E-state index in [0.717, 1.165) is 30.3 Å². The Balaban J connectivity index is 1.85. The molecule has 100 valence electrons. The molecule has 1 fully saturated rings. The zero-order chi connectivity index (χ0) is 12.8. The van der Waals surface area contributed by atoms with Crippen LogP contribution in [0.4, 0.5) is 0 Å². The first-order chi connectivity index (χ1) is 8.83. The van der Waals surface area contributed by atoms with E-state index in [1.165, 1.54) is 12.8 Å². The molecular formula is C14H21NO3. The summed E-state index contributed by atoms with van der Waals surface area (Å²) in [5, 5.41) is 0. The number of ether oxygens (including phenoxy) is 3. The molecule has 0 heterocycles. The van der Waals surface area contributed by atoms with E-state index in [9.17, 15) is 0 Å². The fourth-order valence-corrected chi connectivity index (χ4v) is 1.76. The second kappa shape index (κ2) is 6.61. The van der Waals surface area contributed by atoms with Crippen molar-refractivity contribution in [2.75, 3.05) is 27.1 Å². The van der Waals surface area contributed by atoms with Crippen LogP contribution in [0.5, 0.6) is 11.5 Å². The Kier molecular flexibility index (Phi) is 4.84. The second-order valence-electron chi connectivity index (χ2n) is 4.60. The molecule has 1 aliphatic rings. The molecule has 4 nitrogen and oxygen atoms in total. The van der Waals surface area contributed by atoms with Gasteiger partial charge >= 0.3 is 0 Å². The van der Waals surface area contributed by atoms with Gasteiger partial charge in [-0.1, -0.05) is 6.07 Å². The minimum atomic E-state index is 0.281. The summed E-state index contributed by atoms with van der Waals surface area (Å²) < 4.78 is 16.3. The van der Waals surface area contributed by atoms with E-state index in [1.807, 2.05) is 18.2 Å². The first kappa shape index (κ1) is 13.2. The molecule has 2 rings (SSSR count). The minimum Gasteiger partial charge on any atom is -0.493 e. The largest absolute Gasteiger partial charge is 0.493 e. The molecule has 4 heteroatoms. The Morgan fingerprint density at radius 3 is 2.78 bits per heavy atom. The van der Waals surface area contributed by atoms with Gasteiger partial charge in [-0.15, -0.1) is 0 Å². The monoisotopic (exact) mass is 251 g/mol. The molecule has 1 aromatic rings. The van der Waals surface area contributed by atoms with Crippen molar-refractivity contribution in [2.45, 2.75) is 19.3 Å². The third-order valence-corrected chi connectivity index (χ3v) is 3.01. The highest BCUT2D eigenvalue weighted by Crippen LogP contribution is 2.30. The highest BCUT2D eigenvalue weighted by molar-refractivity contribution is 5.43. The van der Waals surface area contributed by atoms with Crippen molar-refractivity contribution in [3.05, 3.63) is 23.8 Å². The highest BCUT2D eigenvalue weighted by atomic mass is 16.7. The quantitative estimate of drug-likeness (QED) is 0.567. The van der Waals surface area contributed by atoms with E-state index in [0.29, 0.717) is 12.3 Å². The van der Waals surface area contributed by atoms with Gasteiger partial charge in [-0.2, -0.15) is 0 Å². The standard InChI is InChI=1S/C14H21NO3/c1-16-14-8-11(6-7-15)4-5-13(14)18-10-17-9-12-2-3-12/h4-5,8,12H,2-3,6-7,9-10,15H2,1H3. The number of benzene rings is 1. The van der Waals surface area contributed by atoms with Crippen molar-refractivity contribution in [3.63, 3.8) is 0 Å². The fourth-order valence-electron chi connectivity index (χ4n) is 1.76. The van der Waals surface area contributed by atoms with Crippen LogP contribution < -0.4 is 15.2 Å². The first-order valence-corrected chi connectivity index (χ1v) is 6.41. The smallest absolute Gasteiger partial charge is 0.189 e. The molecule has 1 saturated carbocycles. The molecule has 0 saturated heterocycles. The van der Waals surface area contributed by atoms with Crippen molar-refractivity contribution in [2.24, 2.45) is 11.7 Å². The van der Waals surface area contributed by atoms with Crippen LogP contribution in [0.25, 0.3) is 0 Å². The van der Waals surface area contributed by atoms with Crippen molar-refractivity contribution in [1.82, 2.24) is 0 Å². The first-order valence-electron chi connectivity index (χ1n) is 6.41. The summed E-state index contributed by atoms with van der Waals surface area (Å²) in [5.74, 6) is 2.20. The third-order valence-electron chi connectivity index (χ3n) is 3.01. The second-order valence-corrected chi connectivity index (χ2v) is 4.60. The van der Waals surface area contributed by atoms with Gasteiger partial charge in [0.15, 0.2) is 18.3 Å². The molecule has 0 amide bonds. The predicted octanol–water partition coefficient (Wildman–Crippen LogP) is 1.96. The molecule has 0 spiro atoms. The summed E-state index contributed by atoms with van der Waals surface area (Å²) in [4.78, 5) is 0. The normalized spacial score (nSPS) is 14.6. The Hall–Kier alpha value is -1.26. The Morgan fingerprint density at radius 2 is 2.11 bits per heavy atom. The lowest BCUT2D eigenvalue weighted by Crippen LogP contribution is -2.07. The topological polar surface area (TPSA) is 53.7 Å². The van der Waals surface area contributed by atoms with Crippen molar-refractivity contribution in [3.8, 4) is 11.5 Å². The molecule has 0 bridgehead atoms. The van der Waals surface area contributed by atoms with E-state index >= 15 is 0 Å². The SMILES string of the molecule is COc1cc(CCN)ccc1OCOCC1CC1. The van der Waals surface area contributed by atoms with Gasteiger partial charge in [-0.05, 0) is 49.4 Å². The highest BCUT2D eigenvalue weighted by Gasteiger charge is 2.21. The zero-order valence-electron chi connectivity index (χ0n) is 10.9. The van der Waals surface area contributed by atoms with E-state index < -0.39 is 0 Å². The minimum absolute atomic E-state index is 0.281. The number of methoxy groups -OCH3 is 1. The van der Waals surface area contributed by atoms with Gasteiger partial charge in [0.25, 0.3) is 0 Å². The maximum absolute atomic E-state index is 5.56. The lowest BCUT2D eigenvalue weighted by atomic mass is 10.1. The molecule has 0 atom stereocenters. The van der Waals surface area contributed by atoms with Gasteiger partial charge in [-0.3, -0.25) is 0 Å². The van der Waals surface area contributed by atoms with Crippen LogP contribution in [-0.4, -0.2) is 27.1 Å². The van der Waals surface area contributed by atoms with Crippen molar-refractivity contribution in [1.29, 1.82) is 0 Å². The molecule has 1 aliphatic carbocycles. The van der Waals surface area contributed by atoms with E-state index in [2.05, 4.69) is 0 Å². The van der Waals surface area contributed by atoms with Gasteiger partial charge in [-0.25, -0.2) is 0 Å². The summed E-state index contributed by atoms with van der Waals surface area (Å²) in [6.07, 6.45) is 3.42. The molecule has 0 radical (unpaired) electrons. The Labute approximate surface area is 108 Å². The summed E-state index contributed by atoms with van der Waals surface area (Å²) >= 11 is 0. The number of hydrogen-bond acceptors (Lipinski definition) is 4. The van der Waals surface area contributed by atoms with Gasteiger partial charge in [0.05, 0.1) is 13.7 Å². The van der Waals surface area contributed by atoms with E-state index in [4.69, 9.17) is 19.9 Å². The third kappa shape index (κ3) is 3.89. The van der Waals surface area contributed by atoms with Crippen LogP contribution in [0.15, 0.2) is 18.2 Å². The van der Waals surface area contributed by atoms with Gasteiger partial charge < -0.3 is 19.9 Å². The van der Waals surface area contributed by atoms with Crippen LogP contribution in [0.3, 0.4) is 0 Å². The molecule has 1 aromatic carbocycles. The molecule has 0 aliphatic heterocycles. The zero-order valence-corrected chi connectivity index (χ0v) is 10.9. The Bertz CT molecular complexity index is 377. The molecule has 18 heavy (non-hydrogen) atoms. The van der Waals surface area contributed by atoms with Crippen LogP contribution in [0.2, 0.25) is 0 Å². The van der Waals surface area contributed by atoms with Crippen molar-refractivity contribution >= 4 is 0 Å². The lowest BCUT2D eigenvalue weighted by molar-refractivity contribution is 0.00865. The van der Waals surface area contributed by atoms with Crippen LogP contribution in [0.1, 0.15) is 18.4 Å². The average Bonchev–Trinajstić information content (AvgIpc) is 3.20. The summed E-state index contributed by atoms with van der Waals surface area (Å²) in [6.45, 7) is 1.71. The molecule has 0 aromatic heterocycles. The predicted molar refractivity (Wildman–Crippen MR) is 69.9 cm³/mol. The molecular weight excluding hydrogens is 230 g/mol. The summed E-state index contributed by atoms with van der Waals surface area (Å²) in [5.41, 5.74) is 6.68. The number of rotatable bonds is 8. The maximum atomic E-state index is 5.56. The summed E-state index contributed by atoms with van der Waals surface area (Å²) in [7, 11) is 1.64. The molecule has 2 N–H and O–H groups in total. The van der Waals surface area contributed by atoms with Crippen molar-refractivity contribution < 1.29 is 14.2 Å². The van der Waals surface area contributed by atoms with Gasteiger partial charge in [0.2, 0.25) is 0 Å². The van der Waals surface area contributed by atoms with E-state index in [-0.39, 0.29) is 6.79 Å². The maximum Gasteiger partial charge on any atom is 0.189 e. The average molecular weight is 251 g/mol. The van der Waals surface area contributed by atoms with E-state index in [1.54, 1.807) is 7.11 Å². The van der Waals surface area contributed by atoms with Gasteiger partial charge in [0, 0.05) is 0 Å². The Morgan fingerprint density at radius 1 is 1.28 bits per heavy atom.